The summed E-state index contributed by atoms with van der Waals surface area (Å²) in [5, 5.41) is 6.91. The summed E-state index contributed by atoms with van der Waals surface area (Å²) in [5.41, 5.74) is 3.62. The van der Waals surface area contributed by atoms with Crippen molar-refractivity contribution in [3.8, 4) is 21.9 Å². The van der Waals surface area contributed by atoms with E-state index in [1.165, 1.54) is 26.4 Å². The average molecular weight is 369 g/mol. The first-order chi connectivity index (χ1) is 12.7. The quantitative estimate of drug-likeness (QED) is 0.741. The SMILES string of the molecule is COc1cc(-c2ccc(C)s2)cc2c1OCCN(CCc1cn[nH]c1)C2. The van der Waals surface area contributed by atoms with Crippen LogP contribution in [0.4, 0.5) is 0 Å². The van der Waals surface area contributed by atoms with Crippen molar-refractivity contribution in [3.63, 3.8) is 0 Å². The molecule has 3 aromatic rings. The van der Waals surface area contributed by atoms with Gasteiger partial charge in [-0.15, -0.1) is 11.3 Å². The number of rotatable bonds is 5. The molecule has 0 saturated heterocycles. The number of aromatic amines is 1. The predicted molar refractivity (Wildman–Crippen MR) is 104 cm³/mol. The lowest BCUT2D eigenvalue weighted by Crippen LogP contribution is -2.27. The summed E-state index contributed by atoms with van der Waals surface area (Å²) in [6.07, 6.45) is 4.83. The molecule has 1 N–H and O–H groups in total. The zero-order chi connectivity index (χ0) is 17.9. The zero-order valence-electron chi connectivity index (χ0n) is 15.1. The van der Waals surface area contributed by atoms with Crippen molar-refractivity contribution in [2.45, 2.75) is 19.9 Å². The predicted octanol–water partition coefficient (Wildman–Crippen LogP) is 3.89. The van der Waals surface area contributed by atoms with Crippen LogP contribution >= 0.6 is 11.3 Å². The Morgan fingerprint density at radius 1 is 1.35 bits per heavy atom. The maximum atomic E-state index is 6.05. The fraction of sp³-hybridized carbons (Fsp3) is 0.350. The molecule has 0 bridgehead atoms. The number of hydrogen-bond acceptors (Lipinski definition) is 5. The summed E-state index contributed by atoms with van der Waals surface area (Å²) in [7, 11) is 1.71. The monoisotopic (exact) mass is 369 g/mol. The second-order valence-electron chi connectivity index (χ2n) is 6.56. The number of aromatic nitrogens is 2. The van der Waals surface area contributed by atoms with E-state index in [4.69, 9.17) is 9.47 Å². The third-order valence-electron chi connectivity index (χ3n) is 4.70. The van der Waals surface area contributed by atoms with E-state index in [9.17, 15) is 0 Å². The Bertz CT molecular complexity index is 873. The third kappa shape index (κ3) is 3.61. The second kappa shape index (κ2) is 7.51. The number of thiophene rings is 1. The number of methoxy groups -OCH3 is 1. The van der Waals surface area contributed by atoms with Crippen LogP contribution < -0.4 is 9.47 Å². The van der Waals surface area contributed by atoms with Gasteiger partial charge in [0.2, 0.25) is 0 Å². The van der Waals surface area contributed by atoms with Crippen molar-refractivity contribution in [1.29, 1.82) is 0 Å². The standard InChI is InChI=1S/C20H23N3O2S/c1-14-3-4-19(26-14)16-9-17-13-23(6-5-15-11-21-22-12-15)7-8-25-20(17)18(10-16)24-2/h3-4,9-12H,5-8,13H2,1-2H3,(H,21,22). The van der Waals surface area contributed by atoms with Crippen molar-refractivity contribution >= 4 is 11.3 Å². The summed E-state index contributed by atoms with van der Waals surface area (Å²) in [6, 6.07) is 8.67. The molecule has 5 nitrogen and oxygen atoms in total. The number of nitrogens with one attached hydrogen (secondary N) is 1. The average Bonchev–Trinajstić information content (AvgIpc) is 3.27. The van der Waals surface area contributed by atoms with Crippen LogP contribution in [0.25, 0.3) is 10.4 Å². The van der Waals surface area contributed by atoms with Crippen molar-refractivity contribution in [1.82, 2.24) is 15.1 Å². The molecule has 0 unspecified atom stereocenters. The number of benzene rings is 1. The molecule has 26 heavy (non-hydrogen) atoms. The maximum absolute atomic E-state index is 6.05. The molecular formula is C20H23N3O2S. The van der Waals surface area contributed by atoms with Gasteiger partial charge in [-0.1, -0.05) is 0 Å². The fourth-order valence-electron chi connectivity index (χ4n) is 3.31. The van der Waals surface area contributed by atoms with Gasteiger partial charge in [0.15, 0.2) is 11.5 Å². The minimum Gasteiger partial charge on any atom is -0.493 e. The summed E-state index contributed by atoms with van der Waals surface area (Å²) < 4.78 is 11.7. The van der Waals surface area contributed by atoms with Gasteiger partial charge >= 0.3 is 0 Å². The smallest absolute Gasteiger partial charge is 0.165 e. The lowest BCUT2D eigenvalue weighted by atomic mass is 10.1. The largest absolute Gasteiger partial charge is 0.493 e. The highest BCUT2D eigenvalue weighted by Gasteiger charge is 2.21. The van der Waals surface area contributed by atoms with Gasteiger partial charge < -0.3 is 9.47 Å². The molecule has 0 aliphatic carbocycles. The minimum absolute atomic E-state index is 0.673. The molecule has 0 fully saturated rings. The van der Waals surface area contributed by atoms with Crippen LogP contribution in [0.3, 0.4) is 0 Å². The van der Waals surface area contributed by atoms with E-state index in [1.807, 2.05) is 12.4 Å². The van der Waals surface area contributed by atoms with E-state index in [0.717, 1.165) is 37.6 Å². The lowest BCUT2D eigenvalue weighted by Gasteiger charge is -2.19. The Labute approximate surface area is 157 Å². The highest BCUT2D eigenvalue weighted by molar-refractivity contribution is 7.15. The molecule has 1 aliphatic rings. The van der Waals surface area contributed by atoms with Gasteiger partial charge in [-0.25, -0.2) is 0 Å². The Kier molecular flexibility index (Phi) is 4.95. The first kappa shape index (κ1) is 17.1. The molecule has 0 atom stereocenters. The van der Waals surface area contributed by atoms with E-state index in [1.54, 1.807) is 18.4 Å². The third-order valence-corrected chi connectivity index (χ3v) is 5.75. The van der Waals surface area contributed by atoms with Gasteiger partial charge in [0, 0.05) is 41.1 Å². The molecule has 1 aliphatic heterocycles. The van der Waals surface area contributed by atoms with Crippen molar-refractivity contribution < 1.29 is 9.47 Å². The topological polar surface area (TPSA) is 50.4 Å². The summed E-state index contributed by atoms with van der Waals surface area (Å²) in [4.78, 5) is 5.01. The molecule has 0 saturated carbocycles. The molecule has 3 heterocycles. The lowest BCUT2D eigenvalue weighted by molar-refractivity contribution is 0.224. The van der Waals surface area contributed by atoms with Gasteiger partial charge in [0.25, 0.3) is 0 Å². The number of H-pyrrole nitrogens is 1. The molecule has 136 valence electrons. The Balaban J connectivity index is 1.60. The van der Waals surface area contributed by atoms with Crippen LogP contribution in [0.2, 0.25) is 0 Å². The number of ether oxygens (including phenoxy) is 2. The van der Waals surface area contributed by atoms with Crippen LogP contribution in [-0.4, -0.2) is 41.9 Å². The number of nitrogens with zero attached hydrogens (tertiary/aromatic N) is 2. The molecule has 6 heteroatoms. The Morgan fingerprint density at radius 3 is 3.00 bits per heavy atom. The highest BCUT2D eigenvalue weighted by atomic mass is 32.1. The van der Waals surface area contributed by atoms with Crippen molar-refractivity contribution in [3.05, 3.63) is 52.7 Å². The van der Waals surface area contributed by atoms with Gasteiger partial charge in [0.1, 0.15) is 6.61 Å². The van der Waals surface area contributed by atoms with E-state index in [0.29, 0.717) is 6.61 Å². The summed E-state index contributed by atoms with van der Waals surface area (Å²) >= 11 is 1.80. The van der Waals surface area contributed by atoms with Gasteiger partial charge in [-0.3, -0.25) is 10.00 Å². The maximum Gasteiger partial charge on any atom is 0.165 e. The van der Waals surface area contributed by atoms with Gasteiger partial charge in [0.05, 0.1) is 13.3 Å². The molecule has 0 radical (unpaired) electrons. The molecule has 1 aromatic carbocycles. The van der Waals surface area contributed by atoms with Crippen molar-refractivity contribution in [2.75, 3.05) is 26.8 Å². The summed E-state index contributed by atoms with van der Waals surface area (Å²) in [5.74, 6) is 1.70. The van der Waals surface area contributed by atoms with Crippen LogP contribution in [0.5, 0.6) is 11.5 Å². The van der Waals surface area contributed by atoms with Crippen molar-refractivity contribution in [2.24, 2.45) is 0 Å². The Hall–Kier alpha value is -2.31. The molecule has 2 aromatic heterocycles. The van der Waals surface area contributed by atoms with Crippen LogP contribution in [0, 0.1) is 6.92 Å². The molecule has 4 rings (SSSR count). The fourth-order valence-corrected chi connectivity index (χ4v) is 4.17. The van der Waals surface area contributed by atoms with Crippen LogP contribution in [0.15, 0.2) is 36.7 Å². The number of fused-ring (bicyclic) bond motifs is 1. The number of hydrogen-bond donors (Lipinski definition) is 1. The second-order valence-corrected chi connectivity index (χ2v) is 7.85. The molecular weight excluding hydrogens is 346 g/mol. The summed E-state index contributed by atoms with van der Waals surface area (Å²) in [6.45, 7) is 5.56. The van der Waals surface area contributed by atoms with E-state index in [2.05, 4.69) is 46.3 Å². The van der Waals surface area contributed by atoms with E-state index >= 15 is 0 Å². The van der Waals surface area contributed by atoms with Crippen LogP contribution in [-0.2, 0) is 13.0 Å². The van der Waals surface area contributed by atoms with Gasteiger partial charge in [-0.2, -0.15) is 5.10 Å². The normalized spacial score (nSPS) is 14.5. The van der Waals surface area contributed by atoms with E-state index in [-0.39, 0.29) is 0 Å². The minimum atomic E-state index is 0.673. The highest BCUT2D eigenvalue weighted by Crippen LogP contribution is 2.40. The first-order valence-electron chi connectivity index (χ1n) is 8.83. The molecule has 0 spiro atoms. The number of aryl methyl sites for hydroxylation is 1. The van der Waals surface area contributed by atoms with E-state index < -0.39 is 0 Å². The first-order valence-corrected chi connectivity index (χ1v) is 9.65. The molecule has 0 amide bonds. The van der Waals surface area contributed by atoms with Gasteiger partial charge in [-0.05, 0) is 48.7 Å². The zero-order valence-corrected chi connectivity index (χ0v) is 15.9. The Morgan fingerprint density at radius 2 is 2.27 bits per heavy atom. The van der Waals surface area contributed by atoms with Crippen LogP contribution in [0.1, 0.15) is 16.0 Å².